The summed E-state index contributed by atoms with van der Waals surface area (Å²) >= 11 is 8.27. The fourth-order valence-corrected chi connectivity index (χ4v) is 12.4. The van der Waals surface area contributed by atoms with E-state index in [1.807, 2.05) is 48.7 Å². The molecule has 1 N–H and O–H groups in total. The molecule has 226 valence electrons. The Morgan fingerprint density at radius 3 is 2.34 bits per heavy atom. The summed E-state index contributed by atoms with van der Waals surface area (Å²) < 4.78 is 31.6. The number of likely N-dealkylation sites (N-methyl/N-ethyl adjacent to an activating group) is 1. The number of para-hydroxylation sites is 2. The first-order chi connectivity index (χ1) is 20.9. The first kappa shape index (κ1) is 29.5. The van der Waals surface area contributed by atoms with Gasteiger partial charge in [0.05, 0.1) is 16.0 Å². The number of aromatic amines is 1. The Labute approximate surface area is 270 Å². The summed E-state index contributed by atoms with van der Waals surface area (Å²) in [6, 6.07) is 23.5. The molecule has 1 aromatic heterocycles. The Hall–Kier alpha value is -3.16. The van der Waals surface area contributed by atoms with Gasteiger partial charge in [0.1, 0.15) is 14.6 Å². The van der Waals surface area contributed by atoms with E-state index in [1.54, 1.807) is 67.2 Å². The number of benzene rings is 3. The van der Waals surface area contributed by atoms with Gasteiger partial charge in [0.15, 0.2) is 10.7 Å². The molecular formula is C32H30N4O4S4. The standard InChI is InChI=1S/C32H30N4O4S4/c1-20(37)32-19-31(24-18-33-25-16-10-8-14-22(24)25)23-15-9-11-17-26(23)36(44(39,40)21-12-6-5-7-13-21)27(31)35(32)28(38)30(2,34(3)4)42-29(41)43-32/h5-18,27,33H,19H2,1-4H3/t27-,30+,31?,32?/m0/s1. The molecule has 0 spiro atoms. The van der Waals surface area contributed by atoms with Gasteiger partial charge in [0.25, 0.3) is 15.9 Å². The molecule has 4 heterocycles. The average molecular weight is 663 g/mol. The van der Waals surface area contributed by atoms with Crippen LogP contribution in [-0.4, -0.2) is 68.4 Å². The van der Waals surface area contributed by atoms with Crippen LogP contribution in [0.1, 0.15) is 31.4 Å². The van der Waals surface area contributed by atoms with Crippen molar-refractivity contribution < 1.29 is 18.0 Å². The van der Waals surface area contributed by atoms with Crippen LogP contribution in [0.5, 0.6) is 0 Å². The Morgan fingerprint density at radius 2 is 1.64 bits per heavy atom. The number of nitrogens with one attached hydrogen (secondary N) is 1. The van der Waals surface area contributed by atoms with Gasteiger partial charge in [-0.25, -0.2) is 12.7 Å². The van der Waals surface area contributed by atoms with Crippen molar-refractivity contribution in [1.82, 2.24) is 14.8 Å². The molecule has 0 bridgehead atoms. The van der Waals surface area contributed by atoms with Crippen LogP contribution in [0.25, 0.3) is 10.9 Å². The summed E-state index contributed by atoms with van der Waals surface area (Å²) in [5.41, 5.74) is 1.80. The zero-order chi connectivity index (χ0) is 31.2. The average Bonchev–Trinajstić information content (AvgIpc) is 3.62. The third-order valence-corrected chi connectivity index (χ3v) is 14.4. The van der Waals surface area contributed by atoms with Gasteiger partial charge in [0.2, 0.25) is 0 Å². The molecule has 1 amide bonds. The van der Waals surface area contributed by atoms with Crippen molar-refractivity contribution in [3.8, 4) is 0 Å². The minimum atomic E-state index is -4.24. The van der Waals surface area contributed by atoms with Crippen molar-refractivity contribution in [1.29, 1.82) is 0 Å². The van der Waals surface area contributed by atoms with Gasteiger partial charge >= 0.3 is 0 Å². The highest BCUT2D eigenvalue weighted by Gasteiger charge is 2.74. The SMILES string of the molecule is CC(=O)C12CC3(c4c[nH]c5ccccc45)c4ccccc4N(S(=O)(=O)c4ccccc4)[C@@H]3N1C(=O)[C@](C)(N(C)C)SC(=S)S2. The molecule has 8 nitrogen and oxygen atoms in total. The summed E-state index contributed by atoms with van der Waals surface area (Å²) in [6.45, 7) is 3.26. The third kappa shape index (κ3) is 3.75. The molecule has 3 aliphatic heterocycles. The van der Waals surface area contributed by atoms with E-state index in [1.165, 1.54) is 34.8 Å². The minimum Gasteiger partial charge on any atom is -0.361 e. The van der Waals surface area contributed by atoms with Crippen molar-refractivity contribution in [2.45, 2.75) is 46.5 Å². The number of hydrogen-bond acceptors (Lipinski definition) is 8. The lowest BCUT2D eigenvalue weighted by Crippen LogP contribution is -2.64. The molecule has 3 aromatic carbocycles. The van der Waals surface area contributed by atoms with E-state index in [0.29, 0.717) is 9.22 Å². The number of aromatic nitrogens is 1. The van der Waals surface area contributed by atoms with Crippen LogP contribution in [0.2, 0.25) is 0 Å². The third-order valence-electron chi connectivity index (χ3n) is 9.36. The number of thiocarbonyl (C=S) groups is 1. The quantitative estimate of drug-likeness (QED) is 0.278. The van der Waals surface area contributed by atoms with Gasteiger partial charge in [-0.2, -0.15) is 0 Å². The second-order valence-electron chi connectivity index (χ2n) is 11.7. The summed E-state index contributed by atoms with van der Waals surface area (Å²) in [6.07, 6.45) is 0.940. The zero-order valence-corrected chi connectivity index (χ0v) is 27.7. The molecule has 44 heavy (non-hydrogen) atoms. The maximum atomic E-state index is 15.1. The number of carbonyl (C=O) groups excluding carboxylic acids is 2. The Kier molecular flexibility index (Phi) is 6.66. The maximum Gasteiger partial charge on any atom is 0.266 e. The van der Waals surface area contributed by atoms with Gasteiger partial charge in [-0.1, -0.05) is 90.3 Å². The number of H-pyrrole nitrogens is 1. The van der Waals surface area contributed by atoms with Crippen molar-refractivity contribution >= 4 is 77.6 Å². The van der Waals surface area contributed by atoms with E-state index in [4.69, 9.17) is 12.2 Å². The molecule has 0 radical (unpaired) electrons. The molecule has 3 aliphatic rings. The number of Topliss-reactive ketones (excluding diaryl/α,β-unsaturated/α-hetero) is 1. The fourth-order valence-electron chi connectivity index (χ4n) is 7.07. The summed E-state index contributed by atoms with van der Waals surface area (Å²) in [5, 5.41) is 0.896. The summed E-state index contributed by atoms with van der Waals surface area (Å²) in [7, 11) is -0.652. The fraction of sp³-hybridized carbons (Fsp3) is 0.281. The molecule has 2 saturated heterocycles. The molecule has 0 aliphatic carbocycles. The van der Waals surface area contributed by atoms with Crippen LogP contribution < -0.4 is 4.31 Å². The number of nitrogens with zero attached hydrogens (tertiary/aromatic N) is 3. The van der Waals surface area contributed by atoms with Gasteiger partial charge in [-0.05, 0) is 63.3 Å². The number of amides is 1. The van der Waals surface area contributed by atoms with Crippen LogP contribution in [0.4, 0.5) is 5.69 Å². The number of sulfonamides is 1. The predicted molar refractivity (Wildman–Crippen MR) is 180 cm³/mol. The van der Waals surface area contributed by atoms with E-state index >= 15 is 4.79 Å². The van der Waals surface area contributed by atoms with Gasteiger partial charge in [0, 0.05) is 23.5 Å². The molecule has 4 aromatic rings. The van der Waals surface area contributed by atoms with E-state index in [9.17, 15) is 13.2 Å². The minimum absolute atomic E-state index is 0.0973. The number of thioether (sulfide) groups is 2. The lowest BCUT2D eigenvalue weighted by atomic mass is 9.72. The molecule has 0 saturated carbocycles. The number of ketones is 1. The number of anilines is 1. The smallest absolute Gasteiger partial charge is 0.266 e. The second-order valence-corrected chi connectivity index (χ2v) is 17.4. The van der Waals surface area contributed by atoms with Crippen molar-refractivity contribution in [2.75, 3.05) is 18.4 Å². The van der Waals surface area contributed by atoms with Gasteiger partial charge < -0.3 is 4.98 Å². The largest absolute Gasteiger partial charge is 0.361 e. The maximum absolute atomic E-state index is 15.1. The molecule has 4 atom stereocenters. The number of rotatable bonds is 5. The first-order valence-electron chi connectivity index (χ1n) is 14.1. The summed E-state index contributed by atoms with van der Waals surface area (Å²) in [4.78, 5) is 33.4. The number of fused-ring (bicyclic) bond motifs is 6. The Bertz CT molecular complexity index is 1980. The number of hydrogen-bond donors (Lipinski definition) is 1. The van der Waals surface area contributed by atoms with E-state index < -0.39 is 31.3 Å². The topological polar surface area (TPSA) is 93.8 Å². The van der Waals surface area contributed by atoms with Crippen molar-refractivity contribution in [2.24, 2.45) is 0 Å². The van der Waals surface area contributed by atoms with E-state index in [-0.39, 0.29) is 23.0 Å². The lowest BCUT2D eigenvalue weighted by molar-refractivity contribution is -0.145. The lowest BCUT2D eigenvalue weighted by Gasteiger charge is -2.44. The number of carbonyl (C=O) groups is 2. The molecule has 2 fully saturated rings. The Morgan fingerprint density at radius 1 is 0.977 bits per heavy atom. The molecule has 2 unspecified atom stereocenters. The van der Waals surface area contributed by atoms with Crippen LogP contribution in [0, 0.1) is 0 Å². The predicted octanol–water partition coefficient (Wildman–Crippen LogP) is 5.55. The first-order valence-corrected chi connectivity index (χ1v) is 17.6. The summed E-state index contributed by atoms with van der Waals surface area (Å²) in [5.74, 6) is -0.632. The molecular weight excluding hydrogens is 633 g/mol. The van der Waals surface area contributed by atoms with Crippen LogP contribution in [0.15, 0.2) is 90.0 Å². The second kappa shape index (κ2) is 9.92. The monoisotopic (exact) mass is 662 g/mol. The van der Waals surface area contributed by atoms with Crippen LogP contribution >= 0.6 is 35.7 Å². The highest BCUT2D eigenvalue weighted by Crippen LogP contribution is 2.66. The van der Waals surface area contributed by atoms with Crippen LogP contribution in [-0.2, 0) is 25.0 Å². The zero-order valence-electron chi connectivity index (χ0n) is 24.5. The van der Waals surface area contributed by atoms with Crippen LogP contribution in [0.3, 0.4) is 0 Å². The Balaban J connectivity index is 1.63. The van der Waals surface area contributed by atoms with Gasteiger partial charge in [-0.3, -0.25) is 19.4 Å². The highest BCUT2D eigenvalue weighted by atomic mass is 32.2. The van der Waals surface area contributed by atoms with Crippen molar-refractivity contribution in [3.05, 3.63) is 96.2 Å². The van der Waals surface area contributed by atoms with Gasteiger partial charge in [-0.15, -0.1) is 0 Å². The van der Waals surface area contributed by atoms with E-state index in [2.05, 4.69) is 4.98 Å². The molecule has 7 rings (SSSR count). The normalized spacial score (nSPS) is 28.2. The van der Waals surface area contributed by atoms with E-state index in [0.717, 1.165) is 22.0 Å². The highest BCUT2D eigenvalue weighted by molar-refractivity contribution is 8.48. The molecule has 12 heteroatoms. The van der Waals surface area contributed by atoms with Crippen molar-refractivity contribution in [3.63, 3.8) is 0 Å².